The van der Waals surface area contributed by atoms with Crippen molar-refractivity contribution in [2.45, 2.75) is 0 Å². The van der Waals surface area contributed by atoms with Crippen molar-refractivity contribution < 1.29 is 19.4 Å². The molecule has 0 N–H and O–H groups in total. The molecular weight excluding hydrogens is 306 g/mol. The van der Waals surface area contributed by atoms with Gasteiger partial charge >= 0.3 is 0 Å². The molecule has 0 aromatic heterocycles. The molecule has 9 heteroatoms. The lowest BCUT2D eigenvalue weighted by atomic mass is 10.1. The van der Waals surface area contributed by atoms with Gasteiger partial charge in [-0.3, -0.25) is 29.8 Å². The topological polar surface area (TPSA) is 124 Å². The van der Waals surface area contributed by atoms with Crippen LogP contribution in [0.1, 0.15) is 20.7 Å². The van der Waals surface area contributed by atoms with E-state index in [1.165, 1.54) is 12.1 Å². The minimum absolute atomic E-state index is 0.145. The van der Waals surface area contributed by atoms with Gasteiger partial charge in [-0.05, 0) is 12.1 Å². The minimum Gasteiger partial charge on any atom is -0.268 e. The third kappa shape index (κ3) is 2.20. The average Bonchev–Trinajstić information content (AvgIpc) is 2.79. The Balaban J connectivity index is 2.16. The monoisotopic (exact) mass is 313 g/mol. The van der Waals surface area contributed by atoms with Gasteiger partial charge in [-0.25, -0.2) is 4.90 Å². The number of carbonyl (C=O) groups is 2. The summed E-state index contributed by atoms with van der Waals surface area (Å²) in [7, 11) is 0. The molecule has 2 aromatic carbocycles. The van der Waals surface area contributed by atoms with Crippen LogP contribution in [0.2, 0.25) is 0 Å². The second kappa shape index (κ2) is 4.98. The van der Waals surface area contributed by atoms with Crippen LogP contribution in [-0.2, 0) is 0 Å². The van der Waals surface area contributed by atoms with Gasteiger partial charge in [0.1, 0.15) is 0 Å². The van der Waals surface area contributed by atoms with Crippen molar-refractivity contribution in [2.24, 2.45) is 0 Å². The van der Waals surface area contributed by atoms with Crippen LogP contribution in [0.25, 0.3) is 0 Å². The molecule has 0 bridgehead atoms. The van der Waals surface area contributed by atoms with Gasteiger partial charge in [0.05, 0.1) is 32.7 Å². The molecule has 9 nitrogen and oxygen atoms in total. The molecule has 0 saturated carbocycles. The first-order valence-electron chi connectivity index (χ1n) is 6.32. The Morgan fingerprint density at radius 1 is 0.783 bits per heavy atom. The van der Waals surface area contributed by atoms with E-state index in [4.69, 9.17) is 0 Å². The van der Waals surface area contributed by atoms with E-state index in [2.05, 4.69) is 0 Å². The van der Waals surface area contributed by atoms with E-state index >= 15 is 0 Å². The molecule has 2 aromatic rings. The maximum absolute atomic E-state index is 12.3. The maximum Gasteiger partial charge on any atom is 0.278 e. The number of nitrogens with zero attached hydrogens (tertiary/aromatic N) is 3. The van der Waals surface area contributed by atoms with E-state index in [1.807, 2.05) is 0 Å². The summed E-state index contributed by atoms with van der Waals surface area (Å²) in [5, 5.41) is 21.8. The van der Waals surface area contributed by atoms with E-state index in [0.717, 1.165) is 18.2 Å². The first-order chi connectivity index (χ1) is 10.9. The Bertz CT molecular complexity index is 825. The minimum atomic E-state index is -0.825. The highest BCUT2D eigenvalue weighted by molar-refractivity contribution is 6.34. The third-order valence-corrected chi connectivity index (χ3v) is 3.36. The summed E-state index contributed by atoms with van der Waals surface area (Å²) in [6, 6.07) is 8.71. The van der Waals surface area contributed by atoms with Crippen LogP contribution in [0.3, 0.4) is 0 Å². The van der Waals surface area contributed by atoms with Gasteiger partial charge < -0.3 is 0 Å². The fourth-order valence-electron chi connectivity index (χ4n) is 2.34. The number of carbonyl (C=O) groups excluding carboxylic acids is 2. The van der Waals surface area contributed by atoms with E-state index in [0.29, 0.717) is 4.90 Å². The Labute approximate surface area is 128 Å². The van der Waals surface area contributed by atoms with E-state index in [1.54, 1.807) is 12.1 Å². The number of non-ortho nitro benzene ring substituents is 2. The number of nitro groups is 2. The quantitative estimate of drug-likeness (QED) is 0.486. The zero-order valence-electron chi connectivity index (χ0n) is 11.3. The lowest BCUT2D eigenvalue weighted by molar-refractivity contribution is -0.394. The van der Waals surface area contributed by atoms with Crippen molar-refractivity contribution in [1.82, 2.24) is 0 Å². The fraction of sp³-hybridized carbons (Fsp3) is 0. The number of hydrogen-bond acceptors (Lipinski definition) is 6. The smallest absolute Gasteiger partial charge is 0.268 e. The van der Waals surface area contributed by atoms with Crippen molar-refractivity contribution in [3.05, 3.63) is 73.8 Å². The summed E-state index contributed by atoms with van der Waals surface area (Å²) >= 11 is 0. The predicted molar refractivity (Wildman–Crippen MR) is 77.3 cm³/mol. The first-order valence-corrected chi connectivity index (χ1v) is 6.32. The molecule has 114 valence electrons. The highest BCUT2D eigenvalue weighted by Gasteiger charge is 2.37. The number of amides is 2. The van der Waals surface area contributed by atoms with Crippen molar-refractivity contribution in [1.29, 1.82) is 0 Å². The van der Waals surface area contributed by atoms with Gasteiger partial charge in [-0.15, -0.1) is 0 Å². The number of imide groups is 1. The molecular formula is C14H7N3O6. The van der Waals surface area contributed by atoms with Gasteiger partial charge in [-0.1, -0.05) is 12.1 Å². The van der Waals surface area contributed by atoms with Crippen LogP contribution in [0.5, 0.6) is 0 Å². The van der Waals surface area contributed by atoms with Crippen LogP contribution in [-0.4, -0.2) is 21.7 Å². The highest BCUT2D eigenvalue weighted by atomic mass is 16.6. The van der Waals surface area contributed by atoms with E-state index in [-0.39, 0.29) is 16.8 Å². The molecule has 1 heterocycles. The Morgan fingerprint density at radius 3 is 1.61 bits per heavy atom. The zero-order valence-corrected chi connectivity index (χ0v) is 11.3. The van der Waals surface area contributed by atoms with Crippen molar-refractivity contribution in [2.75, 3.05) is 4.90 Å². The van der Waals surface area contributed by atoms with Crippen molar-refractivity contribution >= 4 is 28.9 Å². The van der Waals surface area contributed by atoms with Crippen molar-refractivity contribution in [3.8, 4) is 0 Å². The first kappa shape index (κ1) is 14.3. The zero-order chi connectivity index (χ0) is 16.7. The summed E-state index contributed by atoms with van der Waals surface area (Å²) in [4.78, 5) is 45.6. The standard InChI is InChI=1S/C14H7N3O6/c18-13-11-3-1-2-4-12(11)14(19)15(13)8-5-9(16(20)21)7-10(6-8)17(22)23/h1-7H. The molecule has 0 saturated heterocycles. The average molecular weight is 313 g/mol. The molecule has 3 rings (SSSR count). The number of nitro benzene ring substituents is 2. The molecule has 2 amide bonds. The second-order valence-electron chi connectivity index (χ2n) is 4.71. The van der Waals surface area contributed by atoms with Crippen molar-refractivity contribution in [3.63, 3.8) is 0 Å². The molecule has 0 fully saturated rings. The van der Waals surface area contributed by atoms with Crippen LogP contribution in [0.15, 0.2) is 42.5 Å². The second-order valence-corrected chi connectivity index (χ2v) is 4.71. The summed E-state index contributed by atoms with van der Waals surface area (Å²) in [6.07, 6.45) is 0. The molecule has 0 unspecified atom stereocenters. The molecule has 23 heavy (non-hydrogen) atoms. The van der Waals surface area contributed by atoms with E-state index in [9.17, 15) is 29.8 Å². The summed E-state index contributed by atoms with van der Waals surface area (Å²) < 4.78 is 0. The molecule has 0 aliphatic carbocycles. The number of anilines is 1. The molecule has 0 radical (unpaired) electrons. The number of fused-ring (bicyclic) bond motifs is 1. The predicted octanol–water partition coefficient (Wildman–Crippen LogP) is 2.30. The molecule has 1 aliphatic heterocycles. The number of rotatable bonds is 3. The van der Waals surface area contributed by atoms with Gasteiger partial charge in [0.2, 0.25) is 0 Å². The van der Waals surface area contributed by atoms with Gasteiger partial charge in [0.15, 0.2) is 0 Å². The normalized spacial score (nSPS) is 13.1. The number of benzene rings is 2. The Hall–Kier alpha value is -3.62. The lowest BCUT2D eigenvalue weighted by Gasteiger charge is -2.13. The SMILES string of the molecule is O=C1c2ccccc2C(=O)N1c1cc([N+](=O)[O-])cc([N+](=O)[O-])c1. The van der Waals surface area contributed by atoms with Gasteiger partial charge in [-0.2, -0.15) is 0 Å². The summed E-state index contributed by atoms with van der Waals surface area (Å²) in [5.74, 6) is -1.36. The molecule has 1 aliphatic rings. The van der Waals surface area contributed by atoms with Gasteiger partial charge in [0.25, 0.3) is 23.2 Å². The van der Waals surface area contributed by atoms with Crippen LogP contribution < -0.4 is 4.90 Å². The van der Waals surface area contributed by atoms with E-state index < -0.39 is 33.0 Å². The summed E-state index contributed by atoms with van der Waals surface area (Å²) in [5.41, 5.74) is -1.08. The number of hydrogen-bond donors (Lipinski definition) is 0. The van der Waals surface area contributed by atoms with Crippen LogP contribution in [0, 0.1) is 20.2 Å². The maximum atomic E-state index is 12.3. The lowest BCUT2D eigenvalue weighted by Crippen LogP contribution is -2.29. The van der Waals surface area contributed by atoms with Gasteiger partial charge in [0, 0.05) is 12.1 Å². The summed E-state index contributed by atoms with van der Waals surface area (Å²) in [6.45, 7) is 0. The fourth-order valence-corrected chi connectivity index (χ4v) is 2.34. The molecule has 0 atom stereocenters. The Morgan fingerprint density at radius 2 is 1.22 bits per heavy atom. The van der Waals surface area contributed by atoms with Crippen LogP contribution >= 0.6 is 0 Å². The highest BCUT2D eigenvalue weighted by Crippen LogP contribution is 2.33. The Kier molecular flexibility index (Phi) is 3.10. The largest absolute Gasteiger partial charge is 0.278 e. The third-order valence-electron chi connectivity index (χ3n) is 3.36. The molecule has 0 spiro atoms. The van der Waals surface area contributed by atoms with Crippen LogP contribution in [0.4, 0.5) is 17.1 Å².